The quantitative estimate of drug-likeness (QED) is 0.0957. The summed E-state index contributed by atoms with van der Waals surface area (Å²) in [5.41, 5.74) is 0. The van der Waals surface area contributed by atoms with E-state index in [9.17, 15) is 0 Å². The van der Waals surface area contributed by atoms with Gasteiger partial charge in [-0.3, -0.25) is 0 Å². The van der Waals surface area contributed by atoms with Crippen molar-refractivity contribution in [1.29, 1.82) is 0 Å². The molecular formula is C29H60O3. The molecule has 0 aliphatic heterocycles. The van der Waals surface area contributed by atoms with Crippen LogP contribution in [0.1, 0.15) is 155 Å². The standard InChI is InChI=1S/C29H60O3/c1-6-8-10-11-12-14-17-21-25-28(24-20-9-7-2)26-22-18-15-13-16-19-23-27-29(30-3,31-4)32-5/h28H,6-27H2,1-5H3. The second-order valence-electron chi connectivity index (χ2n) is 9.93. The SMILES string of the molecule is CCCCCCCCCCC(CCCCC)CCCCCCCCCC(OC)(OC)OC. The van der Waals surface area contributed by atoms with Crippen LogP contribution < -0.4 is 0 Å². The molecular weight excluding hydrogens is 396 g/mol. The van der Waals surface area contributed by atoms with Gasteiger partial charge in [0.2, 0.25) is 0 Å². The molecule has 0 bridgehead atoms. The lowest BCUT2D eigenvalue weighted by atomic mass is 9.89. The highest BCUT2D eigenvalue weighted by Gasteiger charge is 2.28. The Hall–Kier alpha value is -0.120. The van der Waals surface area contributed by atoms with Gasteiger partial charge in [0.05, 0.1) is 0 Å². The third kappa shape index (κ3) is 18.3. The highest BCUT2D eigenvalue weighted by Crippen LogP contribution is 2.25. The Kier molecular flexibility index (Phi) is 23.9. The monoisotopic (exact) mass is 456 g/mol. The van der Waals surface area contributed by atoms with Gasteiger partial charge < -0.3 is 14.2 Å². The molecule has 0 heterocycles. The fourth-order valence-electron chi connectivity index (χ4n) is 4.90. The zero-order valence-electron chi connectivity index (χ0n) is 22.9. The summed E-state index contributed by atoms with van der Waals surface area (Å²) in [7, 11) is 4.95. The third-order valence-corrected chi connectivity index (χ3v) is 7.21. The van der Waals surface area contributed by atoms with Gasteiger partial charge in [0.25, 0.3) is 5.97 Å². The molecule has 1 unspecified atom stereocenters. The van der Waals surface area contributed by atoms with E-state index in [1.807, 2.05) is 0 Å². The summed E-state index contributed by atoms with van der Waals surface area (Å²) >= 11 is 0. The minimum Gasteiger partial charge on any atom is -0.331 e. The van der Waals surface area contributed by atoms with Gasteiger partial charge in [-0.2, -0.15) is 0 Å². The lowest BCUT2D eigenvalue weighted by Crippen LogP contribution is -2.35. The van der Waals surface area contributed by atoms with Crippen molar-refractivity contribution in [3.63, 3.8) is 0 Å². The molecule has 3 heteroatoms. The van der Waals surface area contributed by atoms with Crippen molar-refractivity contribution >= 4 is 0 Å². The van der Waals surface area contributed by atoms with Gasteiger partial charge in [0, 0.05) is 27.8 Å². The van der Waals surface area contributed by atoms with Gasteiger partial charge >= 0.3 is 0 Å². The van der Waals surface area contributed by atoms with Gasteiger partial charge in [0.15, 0.2) is 0 Å². The normalized spacial score (nSPS) is 13.0. The number of rotatable bonds is 26. The highest BCUT2D eigenvalue weighted by molar-refractivity contribution is 4.62. The molecule has 0 fully saturated rings. The van der Waals surface area contributed by atoms with Crippen molar-refractivity contribution < 1.29 is 14.2 Å². The van der Waals surface area contributed by atoms with Crippen molar-refractivity contribution in [2.75, 3.05) is 21.3 Å². The summed E-state index contributed by atoms with van der Waals surface area (Å²) in [6.07, 6.45) is 30.2. The van der Waals surface area contributed by atoms with E-state index in [1.54, 1.807) is 21.3 Å². The Balaban J connectivity index is 3.78. The van der Waals surface area contributed by atoms with E-state index < -0.39 is 5.97 Å². The Morgan fingerprint density at radius 2 is 0.750 bits per heavy atom. The van der Waals surface area contributed by atoms with Gasteiger partial charge in [-0.05, 0) is 12.3 Å². The van der Waals surface area contributed by atoms with Crippen LogP contribution in [-0.4, -0.2) is 27.3 Å². The molecule has 0 rings (SSSR count). The molecule has 0 spiro atoms. The Bertz CT molecular complexity index is 346. The molecule has 0 radical (unpaired) electrons. The predicted molar refractivity (Wildman–Crippen MR) is 140 cm³/mol. The van der Waals surface area contributed by atoms with Crippen LogP contribution in [0.5, 0.6) is 0 Å². The highest BCUT2D eigenvalue weighted by atomic mass is 16.9. The largest absolute Gasteiger partial charge is 0.331 e. The molecule has 3 nitrogen and oxygen atoms in total. The molecule has 32 heavy (non-hydrogen) atoms. The minimum absolute atomic E-state index is 0.800. The maximum absolute atomic E-state index is 5.37. The summed E-state index contributed by atoms with van der Waals surface area (Å²) in [5.74, 6) is 0.147. The molecule has 0 saturated heterocycles. The molecule has 0 aliphatic carbocycles. The second-order valence-corrected chi connectivity index (χ2v) is 9.93. The van der Waals surface area contributed by atoms with Crippen LogP contribution >= 0.6 is 0 Å². The molecule has 0 aliphatic rings. The number of methoxy groups -OCH3 is 3. The molecule has 1 atom stereocenters. The fraction of sp³-hybridized carbons (Fsp3) is 1.00. The molecule has 194 valence electrons. The average Bonchev–Trinajstić information content (AvgIpc) is 2.82. The molecule has 0 aromatic carbocycles. The van der Waals surface area contributed by atoms with Crippen LogP contribution in [0.4, 0.5) is 0 Å². The lowest BCUT2D eigenvalue weighted by Gasteiger charge is -2.28. The molecule has 0 amide bonds. The maximum Gasteiger partial charge on any atom is 0.282 e. The first-order chi connectivity index (χ1) is 15.7. The number of ether oxygens (including phenoxy) is 3. The summed E-state index contributed by atoms with van der Waals surface area (Å²) in [6.45, 7) is 4.63. The van der Waals surface area contributed by atoms with E-state index in [1.165, 1.54) is 128 Å². The Labute approximate surface area is 202 Å². The first-order valence-electron chi connectivity index (χ1n) is 14.3. The fourth-order valence-corrected chi connectivity index (χ4v) is 4.90. The summed E-state index contributed by atoms with van der Waals surface area (Å²) in [5, 5.41) is 0. The smallest absolute Gasteiger partial charge is 0.282 e. The van der Waals surface area contributed by atoms with E-state index in [4.69, 9.17) is 14.2 Å². The average molecular weight is 457 g/mol. The maximum atomic E-state index is 5.37. The zero-order valence-corrected chi connectivity index (χ0v) is 22.9. The number of hydrogen-bond donors (Lipinski definition) is 0. The molecule has 0 N–H and O–H groups in total. The van der Waals surface area contributed by atoms with E-state index in [-0.39, 0.29) is 0 Å². The molecule has 0 aromatic heterocycles. The summed E-state index contributed by atoms with van der Waals surface area (Å²) in [6, 6.07) is 0. The second kappa shape index (κ2) is 24.0. The van der Waals surface area contributed by atoms with Gasteiger partial charge in [-0.1, -0.05) is 142 Å². The van der Waals surface area contributed by atoms with Crippen LogP contribution in [-0.2, 0) is 14.2 Å². The van der Waals surface area contributed by atoms with Crippen molar-refractivity contribution in [2.45, 2.75) is 161 Å². The molecule has 0 aromatic rings. The lowest BCUT2D eigenvalue weighted by molar-refractivity contribution is -0.355. The van der Waals surface area contributed by atoms with E-state index >= 15 is 0 Å². The van der Waals surface area contributed by atoms with E-state index in [2.05, 4.69) is 13.8 Å². The van der Waals surface area contributed by atoms with E-state index in [0.29, 0.717) is 0 Å². The Morgan fingerprint density at radius 3 is 1.16 bits per heavy atom. The minimum atomic E-state index is -0.845. The molecule has 0 saturated carbocycles. The van der Waals surface area contributed by atoms with Gasteiger partial charge in [0.1, 0.15) is 0 Å². The van der Waals surface area contributed by atoms with Gasteiger partial charge in [-0.25, -0.2) is 0 Å². The summed E-state index contributed by atoms with van der Waals surface area (Å²) in [4.78, 5) is 0. The third-order valence-electron chi connectivity index (χ3n) is 7.21. The van der Waals surface area contributed by atoms with Gasteiger partial charge in [-0.15, -0.1) is 0 Å². The van der Waals surface area contributed by atoms with Crippen molar-refractivity contribution in [1.82, 2.24) is 0 Å². The van der Waals surface area contributed by atoms with Crippen LogP contribution in [0.3, 0.4) is 0 Å². The first kappa shape index (κ1) is 31.9. The Morgan fingerprint density at radius 1 is 0.438 bits per heavy atom. The van der Waals surface area contributed by atoms with Crippen molar-refractivity contribution in [3.8, 4) is 0 Å². The summed E-state index contributed by atoms with van der Waals surface area (Å²) < 4.78 is 16.1. The van der Waals surface area contributed by atoms with E-state index in [0.717, 1.165) is 18.8 Å². The van der Waals surface area contributed by atoms with Crippen LogP contribution in [0.25, 0.3) is 0 Å². The van der Waals surface area contributed by atoms with Crippen molar-refractivity contribution in [2.24, 2.45) is 5.92 Å². The first-order valence-corrected chi connectivity index (χ1v) is 14.3. The predicted octanol–water partition coefficient (Wildman–Crippen LogP) is 9.82. The van der Waals surface area contributed by atoms with Crippen molar-refractivity contribution in [3.05, 3.63) is 0 Å². The zero-order chi connectivity index (χ0) is 23.8. The number of hydrogen-bond acceptors (Lipinski definition) is 3. The van der Waals surface area contributed by atoms with Crippen LogP contribution in [0.15, 0.2) is 0 Å². The topological polar surface area (TPSA) is 27.7 Å². The van der Waals surface area contributed by atoms with Crippen LogP contribution in [0.2, 0.25) is 0 Å². The number of unbranched alkanes of at least 4 members (excludes halogenated alkanes) is 15. The van der Waals surface area contributed by atoms with Crippen LogP contribution in [0, 0.1) is 5.92 Å².